The Hall–Kier alpha value is -1.59. The number of carbonyl (C=O) groups excluding carboxylic acids is 1. The van der Waals surface area contributed by atoms with Crippen molar-refractivity contribution >= 4 is 6.03 Å². The van der Waals surface area contributed by atoms with Gasteiger partial charge in [-0.2, -0.15) is 0 Å². The van der Waals surface area contributed by atoms with Gasteiger partial charge in [0.05, 0.1) is 12.7 Å². The van der Waals surface area contributed by atoms with Crippen molar-refractivity contribution in [2.75, 3.05) is 6.61 Å². The molecule has 0 radical (unpaired) electrons. The molecule has 1 aliphatic carbocycles. The lowest BCUT2D eigenvalue weighted by molar-refractivity contribution is 0.117. The number of rotatable bonds is 6. The second-order valence-corrected chi connectivity index (χ2v) is 5.79. The van der Waals surface area contributed by atoms with Crippen molar-refractivity contribution in [3.63, 3.8) is 0 Å². The molecule has 2 amide bonds. The first-order valence-corrected chi connectivity index (χ1v) is 8.05. The summed E-state index contributed by atoms with van der Waals surface area (Å²) < 4.78 is 5.35. The van der Waals surface area contributed by atoms with Crippen LogP contribution in [-0.2, 0) is 17.9 Å². The first-order valence-electron chi connectivity index (χ1n) is 8.05. The lowest BCUT2D eigenvalue weighted by Gasteiger charge is -2.26. The van der Waals surface area contributed by atoms with E-state index in [1.165, 1.54) is 0 Å². The van der Waals surface area contributed by atoms with Gasteiger partial charge in [0, 0.05) is 19.2 Å². The normalized spacial score (nSPS) is 21.4. The monoisotopic (exact) mass is 306 g/mol. The third kappa shape index (κ3) is 5.66. The molecule has 0 saturated heterocycles. The molecule has 0 spiro atoms. The van der Waals surface area contributed by atoms with Crippen LogP contribution in [0, 0.1) is 0 Å². The molecular formula is C17H26N2O3. The van der Waals surface area contributed by atoms with Crippen molar-refractivity contribution in [3.8, 4) is 0 Å². The lowest BCUT2D eigenvalue weighted by atomic mass is 9.93. The summed E-state index contributed by atoms with van der Waals surface area (Å²) in [5, 5.41) is 15.3. The van der Waals surface area contributed by atoms with Gasteiger partial charge in [-0.1, -0.05) is 24.3 Å². The third-order valence-electron chi connectivity index (χ3n) is 3.98. The average Bonchev–Trinajstić information content (AvgIpc) is 2.54. The minimum absolute atomic E-state index is 0.139. The summed E-state index contributed by atoms with van der Waals surface area (Å²) in [5.41, 5.74) is 2.20. The summed E-state index contributed by atoms with van der Waals surface area (Å²) >= 11 is 0. The molecule has 0 aliphatic heterocycles. The van der Waals surface area contributed by atoms with Gasteiger partial charge in [-0.15, -0.1) is 0 Å². The van der Waals surface area contributed by atoms with Crippen LogP contribution in [0.4, 0.5) is 4.79 Å². The zero-order valence-corrected chi connectivity index (χ0v) is 13.2. The summed E-state index contributed by atoms with van der Waals surface area (Å²) in [4.78, 5) is 11.9. The van der Waals surface area contributed by atoms with E-state index in [2.05, 4.69) is 10.6 Å². The highest BCUT2D eigenvalue weighted by Crippen LogP contribution is 2.18. The number of ether oxygens (including phenoxy) is 1. The Morgan fingerprint density at radius 2 is 1.82 bits per heavy atom. The predicted octanol–water partition coefficient (Wildman–Crippen LogP) is 2.33. The van der Waals surface area contributed by atoms with Gasteiger partial charge in [-0.05, 0) is 43.7 Å². The first-order chi connectivity index (χ1) is 10.7. The highest BCUT2D eigenvalue weighted by atomic mass is 16.5. The van der Waals surface area contributed by atoms with Crippen LogP contribution in [-0.4, -0.2) is 29.9 Å². The van der Waals surface area contributed by atoms with Gasteiger partial charge in [-0.3, -0.25) is 0 Å². The largest absolute Gasteiger partial charge is 0.393 e. The molecule has 1 aliphatic rings. The number of hydrogen-bond donors (Lipinski definition) is 3. The SMILES string of the molecule is CCOCc1ccc(CNC(=O)NC2CCC(O)CC2)cc1. The van der Waals surface area contributed by atoms with Gasteiger partial charge in [0.15, 0.2) is 0 Å². The molecular weight excluding hydrogens is 280 g/mol. The van der Waals surface area contributed by atoms with Crippen LogP contribution in [0.5, 0.6) is 0 Å². The van der Waals surface area contributed by atoms with Crippen molar-refractivity contribution in [1.82, 2.24) is 10.6 Å². The van der Waals surface area contributed by atoms with Crippen LogP contribution < -0.4 is 10.6 Å². The summed E-state index contributed by atoms with van der Waals surface area (Å²) in [6.45, 7) is 3.82. The molecule has 1 saturated carbocycles. The van der Waals surface area contributed by atoms with E-state index in [0.717, 1.165) is 36.8 Å². The Labute approximate surface area is 132 Å². The van der Waals surface area contributed by atoms with E-state index in [1.807, 2.05) is 31.2 Å². The molecule has 1 aromatic carbocycles. The Bertz CT molecular complexity index is 453. The third-order valence-corrected chi connectivity index (χ3v) is 3.98. The lowest BCUT2D eigenvalue weighted by Crippen LogP contribution is -2.43. The van der Waals surface area contributed by atoms with Crippen molar-refractivity contribution in [3.05, 3.63) is 35.4 Å². The van der Waals surface area contributed by atoms with Gasteiger partial charge >= 0.3 is 6.03 Å². The summed E-state index contributed by atoms with van der Waals surface area (Å²) in [6, 6.07) is 8.09. The Kier molecular flexibility index (Phi) is 6.68. The molecule has 1 aromatic rings. The zero-order chi connectivity index (χ0) is 15.8. The van der Waals surface area contributed by atoms with E-state index in [9.17, 15) is 9.90 Å². The Balaban J connectivity index is 1.69. The molecule has 0 bridgehead atoms. The van der Waals surface area contributed by atoms with Gasteiger partial charge < -0.3 is 20.5 Å². The van der Waals surface area contributed by atoms with Crippen LogP contribution in [0.3, 0.4) is 0 Å². The fourth-order valence-corrected chi connectivity index (χ4v) is 2.61. The standard InChI is InChI=1S/C17H26N2O3/c1-2-22-12-14-5-3-13(4-6-14)11-18-17(21)19-15-7-9-16(20)10-8-15/h3-6,15-16,20H,2,7-12H2,1H3,(H2,18,19,21). The van der Waals surface area contributed by atoms with Crippen molar-refractivity contribution in [2.24, 2.45) is 0 Å². The highest BCUT2D eigenvalue weighted by molar-refractivity contribution is 5.74. The van der Waals surface area contributed by atoms with Gasteiger partial charge in [0.25, 0.3) is 0 Å². The Morgan fingerprint density at radius 3 is 2.45 bits per heavy atom. The number of amides is 2. The summed E-state index contributed by atoms with van der Waals surface area (Å²) in [5.74, 6) is 0. The average molecular weight is 306 g/mol. The number of nitrogens with one attached hydrogen (secondary N) is 2. The van der Waals surface area contributed by atoms with Gasteiger partial charge in [0.2, 0.25) is 0 Å². The number of hydrogen-bond acceptors (Lipinski definition) is 3. The number of aliphatic hydroxyl groups excluding tert-OH is 1. The van der Waals surface area contributed by atoms with E-state index in [0.29, 0.717) is 19.8 Å². The fraction of sp³-hybridized carbons (Fsp3) is 0.588. The maximum absolute atomic E-state index is 11.9. The second-order valence-electron chi connectivity index (χ2n) is 5.79. The quantitative estimate of drug-likeness (QED) is 0.755. The van der Waals surface area contributed by atoms with Crippen molar-refractivity contribution in [2.45, 2.75) is 57.9 Å². The van der Waals surface area contributed by atoms with E-state index >= 15 is 0 Å². The van der Waals surface area contributed by atoms with E-state index in [4.69, 9.17) is 4.74 Å². The van der Waals surface area contributed by atoms with Crippen LogP contribution in [0.1, 0.15) is 43.7 Å². The van der Waals surface area contributed by atoms with Gasteiger partial charge in [0.1, 0.15) is 0 Å². The molecule has 0 unspecified atom stereocenters. The van der Waals surface area contributed by atoms with E-state index in [-0.39, 0.29) is 18.2 Å². The first kappa shape index (κ1) is 16.8. The maximum Gasteiger partial charge on any atom is 0.315 e. The molecule has 5 nitrogen and oxygen atoms in total. The number of benzene rings is 1. The molecule has 0 aromatic heterocycles. The Morgan fingerprint density at radius 1 is 1.18 bits per heavy atom. The molecule has 5 heteroatoms. The minimum Gasteiger partial charge on any atom is -0.393 e. The molecule has 3 N–H and O–H groups in total. The zero-order valence-electron chi connectivity index (χ0n) is 13.2. The van der Waals surface area contributed by atoms with Crippen LogP contribution in [0.15, 0.2) is 24.3 Å². The number of aliphatic hydroxyl groups is 1. The smallest absolute Gasteiger partial charge is 0.315 e. The van der Waals surface area contributed by atoms with Gasteiger partial charge in [-0.25, -0.2) is 4.79 Å². The van der Waals surface area contributed by atoms with E-state index in [1.54, 1.807) is 0 Å². The summed E-state index contributed by atoms with van der Waals surface area (Å²) in [6.07, 6.45) is 3.04. The molecule has 2 rings (SSSR count). The highest BCUT2D eigenvalue weighted by Gasteiger charge is 2.20. The van der Waals surface area contributed by atoms with E-state index < -0.39 is 0 Å². The van der Waals surface area contributed by atoms with Crippen LogP contribution >= 0.6 is 0 Å². The fourth-order valence-electron chi connectivity index (χ4n) is 2.61. The molecule has 1 fully saturated rings. The number of carbonyl (C=O) groups is 1. The van der Waals surface area contributed by atoms with Crippen molar-refractivity contribution < 1.29 is 14.6 Å². The topological polar surface area (TPSA) is 70.6 Å². The molecule has 22 heavy (non-hydrogen) atoms. The van der Waals surface area contributed by atoms with Crippen molar-refractivity contribution in [1.29, 1.82) is 0 Å². The second kappa shape index (κ2) is 8.76. The molecule has 0 atom stereocenters. The minimum atomic E-state index is -0.198. The maximum atomic E-state index is 11.9. The van der Waals surface area contributed by atoms with Crippen LogP contribution in [0.2, 0.25) is 0 Å². The summed E-state index contributed by atoms with van der Waals surface area (Å²) in [7, 11) is 0. The van der Waals surface area contributed by atoms with Crippen LogP contribution in [0.25, 0.3) is 0 Å². The number of urea groups is 1. The predicted molar refractivity (Wildman–Crippen MR) is 85.4 cm³/mol. The molecule has 122 valence electrons. The molecule has 0 heterocycles.